The van der Waals surface area contributed by atoms with E-state index in [0.717, 1.165) is 12.8 Å². The Hall–Kier alpha value is -1.35. The van der Waals surface area contributed by atoms with Crippen molar-refractivity contribution in [1.82, 2.24) is 5.32 Å². The normalized spacial score (nSPS) is 21.7. The summed E-state index contributed by atoms with van der Waals surface area (Å²) >= 11 is 0. The molecule has 3 heteroatoms. The van der Waals surface area contributed by atoms with E-state index in [1.165, 1.54) is 5.56 Å². The molecule has 1 aromatic rings. The van der Waals surface area contributed by atoms with Gasteiger partial charge in [-0.15, -0.1) is 0 Å². The average Bonchev–Trinajstić information content (AvgIpc) is 2.99. The molecule has 0 aliphatic carbocycles. The maximum absolute atomic E-state index is 12.3. The first-order valence-electron chi connectivity index (χ1n) is 7.56. The molecule has 0 spiro atoms. The first-order valence-corrected chi connectivity index (χ1v) is 7.56. The van der Waals surface area contributed by atoms with Crippen molar-refractivity contribution in [2.75, 3.05) is 6.61 Å². The van der Waals surface area contributed by atoms with Crippen molar-refractivity contribution in [1.29, 1.82) is 0 Å². The van der Waals surface area contributed by atoms with Crippen LogP contribution in [0.15, 0.2) is 30.3 Å². The van der Waals surface area contributed by atoms with Crippen LogP contribution < -0.4 is 5.32 Å². The fourth-order valence-electron chi connectivity index (χ4n) is 2.59. The molecular weight excluding hydrogens is 250 g/mol. The highest BCUT2D eigenvalue weighted by molar-refractivity contribution is 5.81. The molecular formula is C17H25NO2. The highest BCUT2D eigenvalue weighted by Crippen LogP contribution is 2.28. The van der Waals surface area contributed by atoms with Crippen molar-refractivity contribution in [3.05, 3.63) is 35.9 Å². The fourth-order valence-corrected chi connectivity index (χ4v) is 2.59. The van der Waals surface area contributed by atoms with E-state index < -0.39 is 0 Å². The van der Waals surface area contributed by atoms with Gasteiger partial charge >= 0.3 is 0 Å². The number of hydrogen-bond donors (Lipinski definition) is 1. The summed E-state index contributed by atoms with van der Waals surface area (Å²) in [6, 6.07) is 10.3. The smallest absolute Gasteiger partial charge is 0.249 e. The van der Waals surface area contributed by atoms with Crippen LogP contribution in [-0.4, -0.2) is 18.6 Å². The van der Waals surface area contributed by atoms with Gasteiger partial charge in [0, 0.05) is 6.61 Å². The summed E-state index contributed by atoms with van der Waals surface area (Å²) < 4.78 is 5.48. The molecule has 0 saturated carbocycles. The monoisotopic (exact) mass is 275 g/mol. The Balaban J connectivity index is 2.12. The molecule has 0 radical (unpaired) electrons. The summed E-state index contributed by atoms with van der Waals surface area (Å²) in [5, 5.41) is 3.19. The van der Waals surface area contributed by atoms with Gasteiger partial charge in [-0.1, -0.05) is 51.1 Å². The van der Waals surface area contributed by atoms with Gasteiger partial charge in [0.15, 0.2) is 0 Å². The Morgan fingerprint density at radius 1 is 1.25 bits per heavy atom. The standard InChI is InChI=1S/C17H25NO2/c1-12(2)13(3)16(14-8-5-4-6-9-14)18-17(19)15-10-7-11-20-15/h4-6,8-9,12-13,15-16H,7,10-11H2,1-3H3,(H,18,19)/t13?,15-,16+/m1/s1. The lowest BCUT2D eigenvalue weighted by atomic mass is 9.86. The lowest BCUT2D eigenvalue weighted by Gasteiger charge is -2.29. The van der Waals surface area contributed by atoms with E-state index in [4.69, 9.17) is 4.74 Å². The van der Waals surface area contributed by atoms with Crippen LogP contribution in [-0.2, 0) is 9.53 Å². The molecule has 1 amide bonds. The SMILES string of the molecule is CC(C)C(C)[C@H](NC(=O)[C@H]1CCCO1)c1ccccc1. The van der Waals surface area contributed by atoms with E-state index in [1.807, 2.05) is 18.2 Å². The van der Waals surface area contributed by atoms with Gasteiger partial charge in [-0.25, -0.2) is 0 Å². The molecule has 2 rings (SSSR count). The van der Waals surface area contributed by atoms with Crippen molar-refractivity contribution in [2.45, 2.75) is 45.8 Å². The molecule has 1 aliphatic heterocycles. The molecule has 1 fully saturated rings. The number of ether oxygens (including phenoxy) is 1. The van der Waals surface area contributed by atoms with Gasteiger partial charge in [0.25, 0.3) is 0 Å². The van der Waals surface area contributed by atoms with Crippen LogP contribution in [0.5, 0.6) is 0 Å². The summed E-state index contributed by atoms with van der Waals surface area (Å²) in [7, 11) is 0. The van der Waals surface area contributed by atoms with Crippen LogP contribution in [0.25, 0.3) is 0 Å². The van der Waals surface area contributed by atoms with Crippen molar-refractivity contribution < 1.29 is 9.53 Å². The molecule has 1 N–H and O–H groups in total. The number of rotatable bonds is 5. The molecule has 0 bridgehead atoms. The van der Waals surface area contributed by atoms with Crippen molar-refractivity contribution in [3.63, 3.8) is 0 Å². The highest BCUT2D eigenvalue weighted by atomic mass is 16.5. The third-order valence-corrected chi connectivity index (χ3v) is 4.26. The van der Waals surface area contributed by atoms with Crippen molar-refractivity contribution in [3.8, 4) is 0 Å². The third kappa shape index (κ3) is 3.60. The third-order valence-electron chi connectivity index (χ3n) is 4.26. The van der Waals surface area contributed by atoms with E-state index in [0.29, 0.717) is 18.4 Å². The molecule has 0 aromatic heterocycles. The van der Waals surface area contributed by atoms with Crippen LogP contribution >= 0.6 is 0 Å². The van der Waals surface area contributed by atoms with Gasteiger partial charge in [-0.2, -0.15) is 0 Å². The van der Waals surface area contributed by atoms with Crippen LogP contribution in [0.3, 0.4) is 0 Å². The molecule has 110 valence electrons. The number of hydrogen-bond acceptors (Lipinski definition) is 2. The zero-order valence-corrected chi connectivity index (χ0v) is 12.6. The Bertz CT molecular complexity index is 424. The van der Waals surface area contributed by atoms with Crippen molar-refractivity contribution in [2.24, 2.45) is 11.8 Å². The summed E-state index contributed by atoms with van der Waals surface area (Å²) in [6.07, 6.45) is 1.55. The Labute approximate surface area is 121 Å². The highest BCUT2D eigenvalue weighted by Gasteiger charge is 2.29. The number of amides is 1. The average molecular weight is 275 g/mol. The molecule has 1 unspecified atom stereocenters. The number of benzene rings is 1. The minimum Gasteiger partial charge on any atom is -0.368 e. The number of carbonyl (C=O) groups is 1. The second-order valence-electron chi connectivity index (χ2n) is 6.00. The lowest BCUT2D eigenvalue weighted by molar-refractivity contribution is -0.131. The van der Waals surface area contributed by atoms with E-state index in [-0.39, 0.29) is 18.1 Å². The Morgan fingerprint density at radius 3 is 2.50 bits per heavy atom. The minimum absolute atomic E-state index is 0.0313. The van der Waals surface area contributed by atoms with Gasteiger partial charge in [-0.3, -0.25) is 4.79 Å². The van der Waals surface area contributed by atoms with Crippen LogP contribution in [0.2, 0.25) is 0 Å². The van der Waals surface area contributed by atoms with Gasteiger partial charge in [0.2, 0.25) is 5.91 Å². The molecule has 1 aromatic carbocycles. The van der Waals surface area contributed by atoms with E-state index in [2.05, 4.69) is 38.2 Å². The molecule has 3 atom stereocenters. The summed E-state index contributed by atoms with van der Waals surface area (Å²) in [5.41, 5.74) is 1.17. The second kappa shape index (κ2) is 6.89. The Kier molecular flexibility index (Phi) is 5.18. The van der Waals surface area contributed by atoms with Crippen molar-refractivity contribution >= 4 is 5.91 Å². The summed E-state index contributed by atoms with van der Waals surface area (Å²) in [4.78, 5) is 12.3. The van der Waals surface area contributed by atoms with Gasteiger partial charge in [-0.05, 0) is 30.2 Å². The molecule has 3 nitrogen and oxygen atoms in total. The lowest BCUT2D eigenvalue weighted by Crippen LogP contribution is -2.40. The molecule has 20 heavy (non-hydrogen) atoms. The van der Waals surface area contributed by atoms with Gasteiger partial charge in [0.1, 0.15) is 6.10 Å². The maximum atomic E-state index is 12.3. The molecule has 1 heterocycles. The second-order valence-corrected chi connectivity index (χ2v) is 6.00. The van der Waals surface area contributed by atoms with Gasteiger partial charge in [0.05, 0.1) is 6.04 Å². The molecule has 1 aliphatic rings. The molecule has 1 saturated heterocycles. The van der Waals surface area contributed by atoms with Crippen LogP contribution in [0, 0.1) is 11.8 Å². The Morgan fingerprint density at radius 2 is 1.95 bits per heavy atom. The summed E-state index contributed by atoms with van der Waals surface area (Å²) in [6.45, 7) is 7.28. The predicted octanol–water partition coefficient (Wildman–Crippen LogP) is 3.32. The largest absolute Gasteiger partial charge is 0.368 e. The number of nitrogens with one attached hydrogen (secondary N) is 1. The first-order chi connectivity index (χ1) is 9.59. The zero-order chi connectivity index (χ0) is 14.5. The zero-order valence-electron chi connectivity index (χ0n) is 12.6. The van der Waals surface area contributed by atoms with Crippen LogP contribution in [0.1, 0.15) is 45.2 Å². The van der Waals surface area contributed by atoms with Gasteiger partial charge < -0.3 is 10.1 Å². The quantitative estimate of drug-likeness (QED) is 0.895. The van der Waals surface area contributed by atoms with E-state index in [9.17, 15) is 4.79 Å². The predicted molar refractivity (Wildman–Crippen MR) is 80.3 cm³/mol. The topological polar surface area (TPSA) is 38.3 Å². The van der Waals surface area contributed by atoms with E-state index in [1.54, 1.807) is 0 Å². The van der Waals surface area contributed by atoms with E-state index >= 15 is 0 Å². The summed E-state index contributed by atoms with van der Waals surface area (Å²) in [5.74, 6) is 0.914. The minimum atomic E-state index is -0.263. The maximum Gasteiger partial charge on any atom is 0.249 e. The number of carbonyl (C=O) groups excluding carboxylic acids is 1. The first kappa shape index (κ1) is 15.0. The van der Waals surface area contributed by atoms with Crippen LogP contribution in [0.4, 0.5) is 0 Å². The fraction of sp³-hybridized carbons (Fsp3) is 0.588.